The Bertz CT molecular complexity index is 841. The highest BCUT2D eigenvalue weighted by Crippen LogP contribution is 2.11. The smallest absolute Gasteiger partial charge is 0.239 e. The number of sulfone groups is 1. The third-order valence-electron chi connectivity index (χ3n) is 2.83. The molecule has 0 bridgehead atoms. The van der Waals surface area contributed by atoms with Crippen molar-refractivity contribution in [2.24, 2.45) is 0 Å². The highest BCUT2D eigenvalue weighted by molar-refractivity contribution is 7.91. The molecule has 0 radical (unpaired) electrons. The molecule has 23 heavy (non-hydrogen) atoms. The summed E-state index contributed by atoms with van der Waals surface area (Å²) in [5, 5.41) is 11.4. The zero-order valence-electron chi connectivity index (χ0n) is 11.9. The number of nitriles is 1. The van der Waals surface area contributed by atoms with Crippen molar-refractivity contribution in [3.8, 4) is 6.07 Å². The van der Waals surface area contributed by atoms with Crippen molar-refractivity contribution in [1.82, 2.24) is 4.98 Å². The van der Waals surface area contributed by atoms with Crippen LogP contribution in [-0.4, -0.2) is 25.1 Å². The van der Waals surface area contributed by atoms with Gasteiger partial charge in [-0.3, -0.25) is 4.79 Å². The summed E-state index contributed by atoms with van der Waals surface area (Å²) in [4.78, 5) is 15.6. The Kier molecular flexibility index (Phi) is 5.32. The van der Waals surface area contributed by atoms with Gasteiger partial charge in [-0.05, 0) is 29.8 Å². The van der Waals surface area contributed by atoms with Crippen LogP contribution in [0.25, 0.3) is 0 Å². The van der Waals surface area contributed by atoms with Crippen LogP contribution in [0.1, 0.15) is 11.1 Å². The molecular formula is C15H12ClN3O3S. The lowest BCUT2D eigenvalue weighted by atomic mass is 10.2. The van der Waals surface area contributed by atoms with Crippen LogP contribution in [0.4, 0.5) is 5.69 Å². The fraction of sp³-hybridized carbons (Fsp3) is 0.133. The average molecular weight is 350 g/mol. The molecule has 8 heteroatoms. The lowest BCUT2D eigenvalue weighted by Crippen LogP contribution is -2.24. The predicted octanol–water partition coefficient (Wildman–Crippen LogP) is 2.16. The van der Waals surface area contributed by atoms with Crippen LogP contribution in [0, 0.1) is 11.3 Å². The van der Waals surface area contributed by atoms with Gasteiger partial charge in [0.1, 0.15) is 10.9 Å². The second-order valence-corrected chi connectivity index (χ2v) is 7.21. The molecule has 0 aliphatic rings. The zero-order chi connectivity index (χ0) is 16.9. The van der Waals surface area contributed by atoms with Crippen molar-refractivity contribution in [2.75, 3.05) is 11.1 Å². The molecule has 2 aromatic rings. The molecule has 0 spiro atoms. The second-order valence-electron chi connectivity index (χ2n) is 4.76. The number of amides is 1. The molecule has 118 valence electrons. The van der Waals surface area contributed by atoms with Gasteiger partial charge >= 0.3 is 0 Å². The summed E-state index contributed by atoms with van der Waals surface area (Å²) in [6.07, 6.45) is 1.34. The van der Waals surface area contributed by atoms with Gasteiger partial charge in [-0.1, -0.05) is 23.7 Å². The molecule has 0 saturated carbocycles. The maximum absolute atomic E-state index is 12.0. The molecule has 0 aliphatic carbocycles. The Balaban J connectivity index is 1.98. The molecule has 1 aromatic carbocycles. The first kappa shape index (κ1) is 16.9. The van der Waals surface area contributed by atoms with Crippen molar-refractivity contribution in [1.29, 1.82) is 5.26 Å². The molecule has 1 heterocycles. The van der Waals surface area contributed by atoms with E-state index in [1.165, 1.54) is 30.5 Å². The van der Waals surface area contributed by atoms with Crippen molar-refractivity contribution >= 4 is 33.0 Å². The largest absolute Gasteiger partial charge is 0.324 e. The summed E-state index contributed by atoms with van der Waals surface area (Å²) in [7, 11) is -3.62. The lowest BCUT2D eigenvalue weighted by molar-refractivity contribution is -0.113. The molecule has 6 nitrogen and oxygen atoms in total. The van der Waals surface area contributed by atoms with E-state index in [9.17, 15) is 13.2 Å². The number of pyridine rings is 1. The normalized spacial score (nSPS) is 10.8. The highest BCUT2D eigenvalue weighted by Gasteiger charge is 2.17. The SMILES string of the molecule is N#Cc1ccc(CS(=O)(=O)CC(=O)Nc2ccc(Cl)nc2)cc1. The number of carbonyl (C=O) groups excluding carboxylic acids is 1. The number of benzene rings is 1. The summed E-state index contributed by atoms with van der Waals surface area (Å²) in [6, 6.07) is 11.1. The lowest BCUT2D eigenvalue weighted by Gasteiger charge is -2.06. The molecule has 2 rings (SSSR count). The van der Waals surface area contributed by atoms with Gasteiger partial charge in [-0.25, -0.2) is 13.4 Å². The van der Waals surface area contributed by atoms with Gasteiger partial charge in [0.05, 0.1) is 29.3 Å². The third-order valence-corrected chi connectivity index (χ3v) is 4.53. The van der Waals surface area contributed by atoms with Gasteiger partial charge < -0.3 is 5.32 Å². The minimum atomic E-state index is -3.62. The average Bonchev–Trinajstić information content (AvgIpc) is 2.49. The van der Waals surface area contributed by atoms with E-state index in [0.717, 1.165) is 0 Å². The number of carbonyl (C=O) groups is 1. The molecule has 0 saturated heterocycles. The van der Waals surface area contributed by atoms with Gasteiger partial charge in [0.2, 0.25) is 5.91 Å². The number of nitrogens with one attached hydrogen (secondary N) is 1. The van der Waals surface area contributed by atoms with Gasteiger partial charge in [-0.2, -0.15) is 5.26 Å². The van der Waals surface area contributed by atoms with E-state index in [0.29, 0.717) is 16.8 Å². The maximum Gasteiger partial charge on any atom is 0.239 e. The first-order valence-corrected chi connectivity index (χ1v) is 8.69. The minimum absolute atomic E-state index is 0.273. The zero-order valence-corrected chi connectivity index (χ0v) is 13.4. The van der Waals surface area contributed by atoms with Crippen molar-refractivity contribution in [2.45, 2.75) is 5.75 Å². The Morgan fingerprint density at radius 2 is 1.91 bits per heavy atom. The van der Waals surface area contributed by atoms with Gasteiger partial charge in [0.25, 0.3) is 0 Å². The van der Waals surface area contributed by atoms with Crippen molar-refractivity contribution in [3.05, 3.63) is 58.9 Å². The van der Waals surface area contributed by atoms with Crippen LogP contribution in [0.5, 0.6) is 0 Å². The number of rotatable bonds is 5. The maximum atomic E-state index is 12.0. The number of aromatic nitrogens is 1. The fourth-order valence-electron chi connectivity index (χ4n) is 1.83. The van der Waals surface area contributed by atoms with Crippen LogP contribution in [0.2, 0.25) is 5.15 Å². The van der Waals surface area contributed by atoms with Crippen LogP contribution in [-0.2, 0) is 20.4 Å². The molecular weight excluding hydrogens is 338 g/mol. The molecule has 0 unspecified atom stereocenters. The summed E-state index contributed by atoms with van der Waals surface area (Å²) >= 11 is 5.63. The second kappa shape index (κ2) is 7.22. The van der Waals surface area contributed by atoms with Gasteiger partial charge in [0.15, 0.2) is 9.84 Å². The summed E-state index contributed by atoms with van der Waals surface area (Å²) in [6.45, 7) is 0. The third kappa shape index (κ3) is 5.36. The Morgan fingerprint density at radius 3 is 2.48 bits per heavy atom. The van der Waals surface area contributed by atoms with Crippen LogP contribution in [0.15, 0.2) is 42.6 Å². The monoisotopic (exact) mass is 349 g/mol. The Hall–Kier alpha value is -2.43. The molecule has 0 aliphatic heterocycles. The molecule has 1 aromatic heterocycles. The summed E-state index contributed by atoms with van der Waals surface area (Å²) < 4.78 is 24.1. The number of hydrogen-bond donors (Lipinski definition) is 1. The molecule has 0 fully saturated rings. The quantitative estimate of drug-likeness (QED) is 0.834. The summed E-state index contributed by atoms with van der Waals surface area (Å²) in [5.74, 6) is -1.57. The fourth-order valence-corrected chi connectivity index (χ4v) is 3.21. The van der Waals surface area contributed by atoms with Crippen molar-refractivity contribution < 1.29 is 13.2 Å². The highest BCUT2D eigenvalue weighted by atomic mass is 35.5. The molecule has 0 atom stereocenters. The topological polar surface area (TPSA) is 99.9 Å². The van der Waals surface area contributed by atoms with Crippen LogP contribution in [0.3, 0.4) is 0 Å². The summed E-state index contributed by atoms with van der Waals surface area (Å²) in [5.41, 5.74) is 1.33. The number of anilines is 1. The minimum Gasteiger partial charge on any atom is -0.324 e. The number of halogens is 1. The van der Waals surface area contributed by atoms with Crippen LogP contribution >= 0.6 is 11.6 Å². The van der Waals surface area contributed by atoms with E-state index < -0.39 is 21.5 Å². The standard InChI is InChI=1S/C15H12ClN3O3S/c16-14-6-5-13(8-18-14)19-15(20)10-23(21,22)9-12-3-1-11(7-17)2-4-12/h1-6,8H,9-10H2,(H,19,20). The predicted molar refractivity (Wildman–Crippen MR) is 86.5 cm³/mol. The van der Waals surface area contributed by atoms with E-state index >= 15 is 0 Å². The number of nitrogens with zero attached hydrogens (tertiary/aromatic N) is 2. The molecule has 1 amide bonds. The first-order valence-electron chi connectivity index (χ1n) is 6.49. The Morgan fingerprint density at radius 1 is 1.22 bits per heavy atom. The van der Waals surface area contributed by atoms with Gasteiger partial charge in [-0.15, -0.1) is 0 Å². The van der Waals surface area contributed by atoms with E-state index in [4.69, 9.17) is 16.9 Å². The van der Waals surface area contributed by atoms with E-state index in [1.54, 1.807) is 12.1 Å². The van der Waals surface area contributed by atoms with E-state index in [-0.39, 0.29) is 10.9 Å². The van der Waals surface area contributed by atoms with Gasteiger partial charge in [0, 0.05) is 0 Å². The number of hydrogen-bond acceptors (Lipinski definition) is 5. The van der Waals surface area contributed by atoms with Crippen molar-refractivity contribution in [3.63, 3.8) is 0 Å². The Labute approximate surface area is 138 Å². The van der Waals surface area contributed by atoms with E-state index in [2.05, 4.69) is 10.3 Å². The van der Waals surface area contributed by atoms with E-state index in [1.807, 2.05) is 6.07 Å². The van der Waals surface area contributed by atoms with Crippen LogP contribution < -0.4 is 5.32 Å². The first-order chi connectivity index (χ1) is 10.9. The molecule has 1 N–H and O–H groups in total.